The van der Waals surface area contributed by atoms with Crippen LogP contribution in [0.15, 0.2) is 48.7 Å². The summed E-state index contributed by atoms with van der Waals surface area (Å²) in [5.74, 6) is 0. The number of rotatable bonds is 1. The Kier molecular flexibility index (Phi) is 2.70. The summed E-state index contributed by atoms with van der Waals surface area (Å²) in [7, 11) is 0. The molecular weight excluding hydrogens is 268 g/mol. The van der Waals surface area contributed by atoms with Gasteiger partial charge in [0.2, 0.25) is 0 Å². The molecule has 0 radical (unpaired) electrons. The SMILES string of the molecule is Cc1cccc(C)c1-n1c(C)c(C)c2c1cc1ccccn12. The van der Waals surface area contributed by atoms with E-state index in [4.69, 9.17) is 0 Å². The van der Waals surface area contributed by atoms with Crippen LogP contribution in [0.3, 0.4) is 0 Å². The van der Waals surface area contributed by atoms with E-state index in [-0.39, 0.29) is 0 Å². The van der Waals surface area contributed by atoms with Gasteiger partial charge in [-0.1, -0.05) is 24.3 Å². The molecule has 0 spiro atoms. The number of fused-ring (bicyclic) bond motifs is 3. The van der Waals surface area contributed by atoms with Crippen LogP contribution in [-0.2, 0) is 0 Å². The van der Waals surface area contributed by atoms with Crippen LogP contribution >= 0.6 is 0 Å². The average Bonchev–Trinajstić information content (AvgIpc) is 2.98. The monoisotopic (exact) mass is 288 g/mol. The third-order valence-corrected chi connectivity index (χ3v) is 4.80. The van der Waals surface area contributed by atoms with E-state index in [0.29, 0.717) is 0 Å². The minimum Gasteiger partial charge on any atom is -0.315 e. The van der Waals surface area contributed by atoms with Gasteiger partial charge in [0.15, 0.2) is 0 Å². The lowest BCUT2D eigenvalue weighted by Crippen LogP contribution is -2.01. The Morgan fingerprint density at radius 1 is 0.818 bits per heavy atom. The normalized spacial score (nSPS) is 11.6. The quantitative estimate of drug-likeness (QED) is 0.460. The van der Waals surface area contributed by atoms with Crippen molar-refractivity contribution in [3.8, 4) is 5.69 Å². The highest BCUT2D eigenvalue weighted by Crippen LogP contribution is 2.33. The van der Waals surface area contributed by atoms with Gasteiger partial charge in [-0.25, -0.2) is 0 Å². The second kappa shape index (κ2) is 4.51. The fraction of sp³-hybridized carbons (Fsp3) is 0.200. The Morgan fingerprint density at radius 3 is 2.27 bits per heavy atom. The van der Waals surface area contributed by atoms with E-state index >= 15 is 0 Å². The first kappa shape index (κ1) is 13.2. The Balaban J connectivity index is 2.21. The van der Waals surface area contributed by atoms with Gasteiger partial charge in [-0.05, 0) is 62.6 Å². The third kappa shape index (κ3) is 1.61. The molecule has 0 aliphatic carbocycles. The van der Waals surface area contributed by atoms with Crippen molar-refractivity contribution in [3.63, 3.8) is 0 Å². The standard InChI is InChI=1S/C20H20N2/c1-13-8-7-9-14(2)19(13)22-16(4)15(3)20-18(22)12-17-10-5-6-11-21(17)20/h5-12H,1-4H3. The summed E-state index contributed by atoms with van der Waals surface area (Å²) in [6.45, 7) is 8.83. The predicted molar refractivity (Wildman–Crippen MR) is 93.2 cm³/mol. The van der Waals surface area contributed by atoms with E-state index in [1.807, 2.05) is 0 Å². The van der Waals surface area contributed by atoms with Gasteiger partial charge < -0.3 is 8.97 Å². The van der Waals surface area contributed by atoms with Crippen LogP contribution < -0.4 is 0 Å². The van der Waals surface area contributed by atoms with Gasteiger partial charge in [0.1, 0.15) is 0 Å². The molecule has 0 saturated carbocycles. The predicted octanol–water partition coefficient (Wildman–Crippen LogP) is 5.12. The van der Waals surface area contributed by atoms with E-state index in [9.17, 15) is 0 Å². The molecule has 0 aliphatic rings. The lowest BCUT2D eigenvalue weighted by Gasteiger charge is -2.14. The first-order valence-electron chi connectivity index (χ1n) is 7.74. The number of nitrogens with zero attached hydrogens (tertiary/aromatic N) is 2. The van der Waals surface area contributed by atoms with Crippen LogP contribution in [-0.4, -0.2) is 8.97 Å². The maximum atomic E-state index is 2.42. The first-order valence-corrected chi connectivity index (χ1v) is 7.74. The van der Waals surface area contributed by atoms with Crippen molar-refractivity contribution < 1.29 is 0 Å². The number of hydrogen-bond donors (Lipinski definition) is 0. The van der Waals surface area contributed by atoms with Crippen molar-refractivity contribution in [3.05, 3.63) is 71.0 Å². The van der Waals surface area contributed by atoms with Gasteiger partial charge in [0, 0.05) is 17.4 Å². The Labute approximate surface area is 130 Å². The summed E-state index contributed by atoms with van der Waals surface area (Å²) in [6.07, 6.45) is 2.15. The minimum absolute atomic E-state index is 1.25. The third-order valence-electron chi connectivity index (χ3n) is 4.80. The van der Waals surface area contributed by atoms with Gasteiger partial charge in [-0.2, -0.15) is 0 Å². The minimum atomic E-state index is 1.25. The molecule has 0 aliphatic heterocycles. The molecule has 0 bridgehead atoms. The molecule has 0 unspecified atom stereocenters. The van der Waals surface area contributed by atoms with E-state index in [0.717, 1.165) is 0 Å². The van der Waals surface area contributed by atoms with E-state index in [1.165, 1.54) is 44.6 Å². The van der Waals surface area contributed by atoms with Crippen LogP contribution in [0.2, 0.25) is 0 Å². The van der Waals surface area contributed by atoms with Crippen molar-refractivity contribution in [1.82, 2.24) is 8.97 Å². The highest BCUT2D eigenvalue weighted by Gasteiger charge is 2.18. The molecular formula is C20H20N2. The second-order valence-electron chi connectivity index (χ2n) is 6.16. The summed E-state index contributed by atoms with van der Waals surface area (Å²) in [4.78, 5) is 0. The van der Waals surface area contributed by atoms with Gasteiger partial charge in [-0.3, -0.25) is 0 Å². The highest BCUT2D eigenvalue weighted by atomic mass is 15.0. The van der Waals surface area contributed by atoms with Crippen molar-refractivity contribution in [2.45, 2.75) is 27.7 Å². The van der Waals surface area contributed by atoms with Crippen molar-refractivity contribution in [2.75, 3.05) is 0 Å². The molecule has 0 atom stereocenters. The topological polar surface area (TPSA) is 9.34 Å². The average molecular weight is 288 g/mol. The van der Waals surface area contributed by atoms with E-state index < -0.39 is 0 Å². The zero-order valence-electron chi connectivity index (χ0n) is 13.5. The van der Waals surface area contributed by atoms with E-state index in [2.05, 4.69) is 85.3 Å². The first-order chi connectivity index (χ1) is 10.6. The van der Waals surface area contributed by atoms with Crippen LogP contribution in [0.25, 0.3) is 22.2 Å². The van der Waals surface area contributed by atoms with Gasteiger partial charge in [-0.15, -0.1) is 0 Å². The number of aromatic nitrogens is 2. The van der Waals surface area contributed by atoms with E-state index in [1.54, 1.807) is 0 Å². The molecule has 22 heavy (non-hydrogen) atoms. The van der Waals surface area contributed by atoms with Crippen LogP contribution in [0.4, 0.5) is 0 Å². The van der Waals surface area contributed by atoms with Gasteiger partial charge in [0.05, 0.1) is 16.7 Å². The molecule has 0 N–H and O–H groups in total. The maximum Gasteiger partial charge on any atom is 0.0744 e. The van der Waals surface area contributed by atoms with Crippen LogP contribution in [0.1, 0.15) is 22.4 Å². The summed E-state index contributed by atoms with van der Waals surface area (Å²) in [5.41, 5.74) is 10.5. The van der Waals surface area contributed by atoms with Gasteiger partial charge >= 0.3 is 0 Å². The second-order valence-corrected chi connectivity index (χ2v) is 6.16. The lowest BCUT2D eigenvalue weighted by molar-refractivity contribution is 1.01. The number of pyridine rings is 1. The van der Waals surface area contributed by atoms with Gasteiger partial charge in [0.25, 0.3) is 0 Å². The van der Waals surface area contributed by atoms with Crippen molar-refractivity contribution in [1.29, 1.82) is 0 Å². The molecule has 1 aromatic carbocycles. The lowest BCUT2D eigenvalue weighted by atomic mass is 10.1. The fourth-order valence-electron chi connectivity index (χ4n) is 3.62. The molecule has 2 nitrogen and oxygen atoms in total. The zero-order chi connectivity index (χ0) is 15.4. The molecule has 3 heterocycles. The van der Waals surface area contributed by atoms with Crippen molar-refractivity contribution >= 4 is 16.6 Å². The summed E-state index contributed by atoms with van der Waals surface area (Å²) < 4.78 is 4.71. The summed E-state index contributed by atoms with van der Waals surface area (Å²) in [6, 6.07) is 15.2. The molecule has 2 heteroatoms. The number of aryl methyl sites for hydroxylation is 3. The Morgan fingerprint density at radius 2 is 1.55 bits per heavy atom. The number of benzene rings is 1. The molecule has 4 aromatic rings. The molecule has 0 saturated heterocycles. The number of para-hydroxylation sites is 1. The molecule has 0 amide bonds. The maximum absolute atomic E-state index is 2.42. The van der Waals surface area contributed by atoms with Crippen LogP contribution in [0.5, 0.6) is 0 Å². The summed E-state index contributed by atoms with van der Waals surface area (Å²) in [5, 5.41) is 0. The molecule has 4 rings (SSSR count). The largest absolute Gasteiger partial charge is 0.315 e. The molecule has 3 aromatic heterocycles. The summed E-state index contributed by atoms with van der Waals surface area (Å²) >= 11 is 0. The highest BCUT2D eigenvalue weighted by molar-refractivity contribution is 5.91. The smallest absolute Gasteiger partial charge is 0.0744 e. The molecule has 110 valence electrons. The number of hydrogen-bond acceptors (Lipinski definition) is 0. The Bertz CT molecular complexity index is 995. The van der Waals surface area contributed by atoms with Crippen LogP contribution in [0, 0.1) is 27.7 Å². The fourth-order valence-corrected chi connectivity index (χ4v) is 3.62. The molecule has 0 fully saturated rings. The zero-order valence-corrected chi connectivity index (χ0v) is 13.5. The Hall–Kier alpha value is -2.48. The van der Waals surface area contributed by atoms with Crippen molar-refractivity contribution in [2.24, 2.45) is 0 Å².